The van der Waals surface area contributed by atoms with E-state index in [0.717, 1.165) is 18.1 Å². The van der Waals surface area contributed by atoms with Crippen LogP contribution in [0.1, 0.15) is 46.5 Å². The van der Waals surface area contributed by atoms with E-state index in [1.54, 1.807) is 6.33 Å². The van der Waals surface area contributed by atoms with Gasteiger partial charge >= 0.3 is 0 Å². The molecule has 0 aliphatic rings. The van der Waals surface area contributed by atoms with Gasteiger partial charge in [0, 0.05) is 18.3 Å². The summed E-state index contributed by atoms with van der Waals surface area (Å²) < 4.78 is 2.00. The zero-order valence-corrected chi connectivity index (χ0v) is 12.8. The number of nitrogens with one attached hydrogen (secondary N) is 1. The van der Waals surface area contributed by atoms with E-state index < -0.39 is 0 Å². The number of thioether (sulfide) groups is 1. The van der Waals surface area contributed by atoms with E-state index in [4.69, 9.17) is 0 Å². The maximum atomic E-state index is 4.17. The summed E-state index contributed by atoms with van der Waals surface area (Å²) in [5.41, 5.74) is 0. The molecule has 18 heavy (non-hydrogen) atoms. The quantitative estimate of drug-likeness (QED) is 0.701. The third-order valence-electron chi connectivity index (χ3n) is 3.03. The van der Waals surface area contributed by atoms with Crippen molar-refractivity contribution in [2.45, 2.75) is 62.9 Å². The molecule has 0 saturated carbocycles. The molecule has 2 atom stereocenters. The first kappa shape index (κ1) is 15.5. The maximum Gasteiger partial charge on any atom is 0.191 e. The van der Waals surface area contributed by atoms with Crippen LogP contribution >= 0.6 is 11.8 Å². The number of aryl methyl sites for hydroxylation is 1. The molecule has 0 aliphatic heterocycles. The SMILES string of the molecule is CCCNC(CCC)C(CC)Sc1nncn1C. The zero-order valence-electron chi connectivity index (χ0n) is 12.0. The van der Waals surface area contributed by atoms with E-state index in [1.807, 2.05) is 23.4 Å². The van der Waals surface area contributed by atoms with Gasteiger partial charge in [0.2, 0.25) is 0 Å². The van der Waals surface area contributed by atoms with Crippen molar-refractivity contribution < 1.29 is 0 Å². The first-order valence-electron chi connectivity index (χ1n) is 6.96. The van der Waals surface area contributed by atoms with Gasteiger partial charge in [0.05, 0.1) is 0 Å². The van der Waals surface area contributed by atoms with Crippen molar-refractivity contribution in [3.8, 4) is 0 Å². The summed E-state index contributed by atoms with van der Waals surface area (Å²) in [5, 5.41) is 13.4. The van der Waals surface area contributed by atoms with Crippen molar-refractivity contribution >= 4 is 11.8 Å². The summed E-state index contributed by atoms with van der Waals surface area (Å²) in [4.78, 5) is 0. The Hall–Kier alpha value is -0.550. The van der Waals surface area contributed by atoms with E-state index in [1.165, 1.54) is 19.3 Å². The molecule has 0 amide bonds. The topological polar surface area (TPSA) is 42.7 Å². The van der Waals surface area contributed by atoms with Gasteiger partial charge in [-0.25, -0.2) is 0 Å². The summed E-state index contributed by atoms with van der Waals surface area (Å²) in [5.74, 6) is 0. The van der Waals surface area contributed by atoms with Crippen molar-refractivity contribution in [1.29, 1.82) is 0 Å². The largest absolute Gasteiger partial charge is 0.313 e. The van der Waals surface area contributed by atoms with E-state index in [9.17, 15) is 0 Å². The molecule has 1 N–H and O–H groups in total. The average molecular weight is 270 g/mol. The van der Waals surface area contributed by atoms with Crippen molar-refractivity contribution in [2.24, 2.45) is 7.05 Å². The van der Waals surface area contributed by atoms with E-state index >= 15 is 0 Å². The smallest absolute Gasteiger partial charge is 0.191 e. The van der Waals surface area contributed by atoms with Crippen molar-refractivity contribution in [3.63, 3.8) is 0 Å². The molecule has 5 heteroatoms. The van der Waals surface area contributed by atoms with Crippen LogP contribution in [0.15, 0.2) is 11.5 Å². The minimum Gasteiger partial charge on any atom is -0.313 e. The highest BCUT2D eigenvalue weighted by Gasteiger charge is 2.21. The van der Waals surface area contributed by atoms with Crippen LogP contribution in [-0.4, -0.2) is 32.6 Å². The molecule has 0 spiro atoms. The lowest BCUT2D eigenvalue weighted by Crippen LogP contribution is -2.38. The molecule has 0 saturated heterocycles. The Labute approximate surface area is 115 Å². The van der Waals surface area contributed by atoms with Crippen LogP contribution in [0.2, 0.25) is 0 Å². The van der Waals surface area contributed by atoms with Crippen LogP contribution in [0.5, 0.6) is 0 Å². The highest BCUT2D eigenvalue weighted by molar-refractivity contribution is 7.99. The monoisotopic (exact) mass is 270 g/mol. The second kappa shape index (κ2) is 8.53. The molecule has 1 heterocycles. The van der Waals surface area contributed by atoms with Gasteiger partial charge in [-0.1, -0.05) is 39.0 Å². The summed E-state index contributed by atoms with van der Waals surface area (Å²) in [7, 11) is 2.00. The van der Waals surface area contributed by atoms with Gasteiger partial charge in [-0.3, -0.25) is 0 Å². The Kier molecular flexibility index (Phi) is 7.35. The van der Waals surface area contributed by atoms with Gasteiger partial charge in [0.25, 0.3) is 0 Å². The van der Waals surface area contributed by atoms with Crippen molar-refractivity contribution in [2.75, 3.05) is 6.54 Å². The second-order valence-corrected chi connectivity index (χ2v) is 5.84. The van der Waals surface area contributed by atoms with E-state index in [-0.39, 0.29) is 0 Å². The van der Waals surface area contributed by atoms with Crippen molar-refractivity contribution in [1.82, 2.24) is 20.1 Å². The number of aromatic nitrogens is 3. The summed E-state index contributed by atoms with van der Waals surface area (Å²) >= 11 is 1.85. The Morgan fingerprint density at radius 2 is 2.11 bits per heavy atom. The molecular weight excluding hydrogens is 244 g/mol. The third kappa shape index (κ3) is 4.61. The number of hydrogen-bond donors (Lipinski definition) is 1. The standard InChI is InChI=1S/C13H26N4S/c1-5-8-11(14-9-6-2)12(7-3)18-13-16-15-10-17(13)4/h10-12,14H,5-9H2,1-4H3. The highest BCUT2D eigenvalue weighted by Crippen LogP contribution is 2.27. The van der Waals surface area contributed by atoms with Gasteiger partial charge in [-0.2, -0.15) is 0 Å². The lowest BCUT2D eigenvalue weighted by molar-refractivity contribution is 0.453. The molecule has 0 radical (unpaired) electrons. The first-order valence-corrected chi connectivity index (χ1v) is 7.84. The van der Waals surface area contributed by atoms with Crippen LogP contribution in [0.4, 0.5) is 0 Å². The van der Waals surface area contributed by atoms with Gasteiger partial charge in [-0.15, -0.1) is 10.2 Å². The minimum atomic E-state index is 0.569. The fraction of sp³-hybridized carbons (Fsp3) is 0.846. The fourth-order valence-electron chi connectivity index (χ4n) is 2.02. The van der Waals surface area contributed by atoms with Crippen LogP contribution in [0.25, 0.3) is 0 Å². The summed E-state index contributed by atoms with van der Waals surface area (Å²) in [6, 6.07) is 0.571. The van der Waals surface area contributed by atoms with Gasteiger partial charge in [-0.05, 0) is 25.8 Å². The molecule has 0 bridgehead atoms. The summed E-state index contributed by atoms with van der Waals surface area (Å²) in [6.45, 7) is 7.82. The molecule has 0 fully saturated rings. The van der Waals surface area contributed by atoms with Gasteiger partial charge in [0.1, 0.15) is 6.33 Å². The predicted molar refractivity (Wildman–Crippen MR) is 77.9 cm³/mol. The van der Waals surface area contributed by atoms with Crippen LogP contribution < -0.4 is 5.32 Å². The summed E-state index contributed by atoms with van der Waals surface area (Å²) in [6.07, 6.45) is 6.55. The second-order valence-electron chi connectivity index (χ2n) is 4.64. The maximum absolute atomic E-state index is 4.17. The van der Waals surface area contributed by atoms with Crippen LogP contribution in [0, 0.1) is 0 Å². The fourth-order valence-corrected chi connectivity index (χ4v) is 3.17. The zero-order chi connectivity index (χ0) is 13.4. The minimum absolute atomic E-state index is 0.569. The van der Waals surface area contributed by atoms with E-state index in [2.05, 4.69) is 36.3 Å². The molecule has 104 valence electrons. The number of nitrogens with zero attached hydrogens (tertiary/aromatic N) is 3. The number of hydrogen-bond acceptors (Lipinski definition) is 4. The Morgan fingerprint density at radius 3 is 2.61 bits per heavy atom. The molecular formula is C13H26N4S. The van der Waals surface area contributed by atoms with Crippen LogP contribution in [0.3, 0.4) is 0 Å². The molecule has 4 nitrogen and oxygen atoms in total. The van der Waals surface area contributed by atoms with E-state index in [0.29, 0.717) is 11.3 Å². The predicted octanol–water partition coefficient (Wildman–Crippen LogP) is 2.85. The molecule has 1 aromatic rings. The molecule has 1 aromatic heterocycles. The Morgan fingerprint density at radius 1 is 1.33 bits per heavy atom. The molecule has 0 aliphatic carbocycles. The normalized spacial score (nSPS) is 14.7. The Balaban J connectivity index is 2.63. The molecule has 0 aromatic carbocycles. The molecule has 1 rings (SSSR count). The van der Waals surface area contributed by atoms with Gasteiger partial charge < -0.3 is 9.88 Å². The first-order chi connectivity index (χ1) is 8.72. The van der Waals surface area contributed by atoms with Gasteiger partial charge in [0.15, 0.2) is 5.16 Å². The highest BCUT2D eigenvalue weighted by atomic mass is 32.2. The molecule has 2 unspecified atom stereocenters. The number of rotatable bonds is 9. The lowest BCUT2D eigenvalue weighted by Gasteiger charge is -2.26. The average Bonchev–Trinajstić information content (AvgIpc) is 2.77. The Bertz CT molecular complexity index is 327. The lowest BCUT2D eigenvalue weighted by atomic mass is 10.1. The van der Waals surface area contributed by atoms with Crippen molar-refractivity contribution in [3.05, 3.63) is 6.33 Å². The third-order valence-corrected chi connectivity index (χ3v) is 4.58. The van der Waals surface area contributed by atoms with Crippen LogP contribution in [-0.2, 0) is 7.05 Å².